The molecular formula is C12H10N2O6. The molecule has 0 N–H and O–H groups in total. The van der Waals surface area contributed by atoms with Crippen LogP contribution < -0.4 is 4.74 Å². The summed E-state index contributed by atoms with van der Waals surface area (Å²) >= 11 is 0. The highest BCUT2D eigenvalue weighted by atomic mass is 16.6. The second-order valence-corrected chi connectivity index (χ2v) is 3.63. The first kappa shape index (κ1) is 13.5. The van der Waals surface area contributed by atoms with Gasteiger partial charge in [0.05, 0.1) is 7.11 Å². The minimum absolute atomic E-state index is 0.0218. The SMILES string of the molecule is COC(=O)c1ccc(COc2cccnc2[N+](=O)[O-])o1. The van der Waals surface area contributed by atoms with Gasteiger partial charge in [-0.15, -0.1) is 0 Å². The van der Waals surface area contributed by atoms with Crippen LogP contribution >= 0.6 is 0 Å². The highest BCUT2D eigenvalue weighted by Crippen LogP contribution is 2.24. The number of pyridine rings is 1. The van der Waals surface area contributed by atoms with Crippen LogP contribution in [0.15, 0.2) is 34.9 Å². The van der Waals surface area contributed by atoms with Crippen molar-refractivity contribution in [3.63, 3.8) is 0 Å². The van der Waals surface area contributed by atoms with E-state index in [9.17, 15) is 14.9 Å². The second kappa shape index (κ2) is 5.83. The average Bonchev–Trinajstić information content (AvgIpc) is 2.93. The number of carbonyl (C=O) groups is 1. The van der Waals surface area contributed by atoms with Crippen LogP contribution in [0.5, 0.6) is 5.75 Å². The number of esters is 1. The molecule has 0 aliphatic heterocycles. The molecule has 0 aromatic carbocycles. The van der Waals surface area contributed by atoms with Gasteiger partial charge in [0.15, 0.2) is 0 Å². The Morgan fingerprint density at radius 1 is 1.45 bits per heavy atom. The predicted octanol–water partition coefficient (Wildman–Crippen LogP) is 1.95. The van der Waals surface area contributed by atoms with E-state index in [-0.39, 0.29) is 23.9 Å². The van der Waals surface area contributed by atoms with Crippen LogP contribution in [-0.4, -0.2) is 23.0 Å². The van der Waals surface area contributed by atoms with Gasteiger partial charge in [0, 0.05) is 0 Å². The lowest BCUT2D eigenvalue weighted by Gasteiger charge is -2.03. The quantitative estimate of drug-likeness (QED) is 0.467. The number of carbonyl (C=O) groups excluding carboxylic acids is 1. The van der Waals surface area contributed by atoms with Crippen molar-refractivity contribution in [2.24, 2.45) is 0 Å². The number of nitrogens with zero attached hydrogens (tertiary/aromatic N) is 2. The molecule has 0 fully saturated rings. The Morgan fingerprint density at radius 3 is 2.95 bits per heavy atom. The summed E-state index contributed by atoms with van der Waals surface area (Å²) in [4.78, 5) is 24.9. The Kier molecular flexibility index (Phi) is 3.94. The third-order valence-corrected chi connectivity index (χ3v) is 2.34. The number of rotatable bonds is 5. The smallest absolute Gasteiger partial charge is 0.406 e. The van der Waals surface area contributed by atoms with Gasteiger partial charge < -0.3 is 24.0 Å². The summed E-state index contributed by atoms with van der Waals surface area (Å²) in [7, 11) is 1.24. The molecular weight excluding hydrogens is 268 g/mol. The van der Waals surface area contributed by atoms with Crippen LogP contribution in [0.1, 0.15) is 16.3 Å². The molecule has 2 heterocycles. The van der Waals surface area contributed by atoms with Gasteiger partial charge in [0.2, 0.25) is 11.5 Å². The van der Waals surface area contributed by atoms with Gasteiger partial charge in [-0.3, -0.25) is 0 Å². The standard InChI is InChI=1S/C12H10N2O6/c1-18-12(15)10-5-4-8(20-10)7-19-9-3-2-6-13-11(9)14(16)17/h2-6H,7H2,1H3. The Labute approximate surface area is 113 Å². The van der Waals surface area contributed by atoms with E-state index in [4.69, 9.17) is 9.15 Å². The summed E-state index contributed by atoms with van der Waals surface area (Å²) in [5, 5.41) is 10.7. The fourth-order valence-corrected chi connectivity index (χ4v) is 1.45. The van der Waals surface area contributed by atoms with E-state index in [0.29, 0.717) is 5.76 Å². The van der Waals surface area contributed by atoms with Gasteiger partial charge in [-0.1, -0.05) is 0 Å². The number of aromatic nitrogens is 1. The van der Waals surface area contributed by atoms with Gasteiger partial charge in [0.1, 0.15) is 18.6 Å². The first-order valence-corrected chi connectivity index (χ1v) is 5.51. The molecule has 0 spiro atoms. The van der Waals surface area contributed by atoms with Crippen LogP contribution in [0.4, 0.5) is 5.82 Å². The molecule has 0 amide bonds. The van der Waals surface area contributed by atoms with E-state index in [2.05, 4.69) is 9.72 Å². The van der Waals surface area contributed by atoms with Crippen molar-refractivity contribution in [2.75, 3.05) is 7.11 Å². The lowest BCUT2D eigenvalue weighted by atomic mass is 10.4. The molecule has 2 rings (SSSR count). The second-order valence-electron chi connectivity index (χ2n) is 3.63. The molecule has 8 nitrogen and oxygen atoms in total. The van der Waals surface area contributed by atoms with Crippen LogP contribution in [0, 0.1) is 10.1 Å². The summed E-state index contributed by atoms with van der Waals surface area (Å²) in [5.74, 6) is -0.597. The largest absolute Gasteiger partial charge is 0.477 e. The van der Waals surface area contributed by atoms with Gasteiger partial charge in [-0.05, 0) is 34.2 Å². The fraction of sp³-hybridized carbons (Fsp3) is 0.167. The monoisotopic (exact) mass is 278 g/mol. The molecule has 0 unspecified atom stereocenters. The van der Waals surface area contributed by atoms with E-state index in [1.54, 1.807) is 0 Å². The Balaban J connectivity index is 2.07. The van der Waals surface area contributed by atoms with E-state index in [1.807, 2.05) is 0 Å². The fourth-order valence-electron chi connectivity index (χ4n) is 1.45. The maximum atomic E-state index is 11.2. The van der Waals surface area contributed by atoms with E-state index in [1.165, 1.54) is 37.6 Å². The first-order valence-electron chi connectivity index (χ1n) is 5.51. The minimum Gasteiger partial charge on any atom is -0.477 e. The topological polar surface area (TPSA) is 105 Å². The maximum absolute atomic E-state index is 11.2. The third-order valence-electron chi connectivity index (χ3n) is 2.34. The Hall–Kier alpha value is -2.90. The van der Waals surface area contributed by atoms with Gasteiger partial charge in [0.25, 0.3) is 0 Å². The summed E-state index contributed by atoms with van der Waals surface area (Å²) in [6.45, 7) is -0.0659. The molecule has 8 heteroatoms. The van der Waals surface area contributed by atoms with Crippen molar-refractivity contribution in [1.29, 1.82) is 0 Å². The number of methoxy groups -OCH3 is 1. The van der Waals surface area contributed by atoms with E-state index >= 15 is 0 Å². The summed E-state index contributed by atoms with van der Waals surface area (Å²) in [6, 6.07) is 5.90. The molecule has 0 saturated carbocycles. The van der Waals surface area contributed by atoms with Gasteiger partial charge in [-0.2, -0.15) is 0 Å². The molecule has 0 atom stereocenters. The third kappa shape index (κ3) is 2.91. The minimum atomic E-state index is -0.642. The molecule has 2 aromatic rings. The molecule has 0 saturated heterocycles. The summed E-state index contributed by atoms with van der Waals surface area (Å²) in [5.41, 5.74) is 0. The number of nitro groups is 1. The van der Waals surface area contributed by atoms with E-state index < -0.39 is 10.9 Å². The number of furan rings is 1. The molecule has 0 radical (unpaired) electrons. The van der Waals surface area contributed by atoms with Crippen LogP contribution in [0.25, 0.3) is 0 Å². The van der Waals surface area contributed by atoms with Gasteiger partial charge >= 0.3 is 11.8 Å². The summed E-state index contributed by atoms with van der Waals surface area (Å²) in [6.07, 6.45) is 1.30. The lowest BCUT2D eigenvalue weighted by molar-refractivity contribution is -0.390. The number of ether oxygens (including phenoxy) is 2. The highest BCUT2D eigenvalue weighted by Gasteiger charge is 2.17. The zero-order chi connectivity index (χ0) is 14.5. The zero-order valence-corrected chi connectivity index (χ0v) is 10.4. The van der Waals surface area contributed by atoms with Gasteiger partial charge in [-0.25, -0.2) is 4.79 Å². The van der Waals surface area contributed by atoms with Crippen molar-refractivity contribution in [2.45, 2.75) is 6.61 Å². The zero-order valence-electron chi connectivity index (χ0n) is 10.4. The Bertz CT molecular complexity index is 636. The highest BCUT2D eigenvalue weighted by molar-refractivity contribution is 5.86. The van der Waals surface area contributed by atoms with Crippen molar-refractivity contribution in [3.8, 4) is 5.75 Å². The van der Waals surface area contributed by atoms with Crippen LogP contribution in [0.2, 0.25) is 0 Å². The van der Waals surface area contributed by atoms with Crippen LogP contribution in [0.3, 0.4) is 0 Å². The number of hydrogen-bond acceptors (Lipinski definition) is 7. The molecule has 20 heavy (non-hydrogen) atoms. The molecule has 0 aliphatic rings. The first-order chi connectivity index (χ1) is 9.61. The normalized spacial score (nSPS) is 10.1. The number of hydrogen-bond donors (Lipinski definition) is 0. The predicted molar refractivity (Wildman–Crippen MR) is 65.3 cm³/mol. The van der Waals surface area contributed by atoms with Crippen LogP contribution in [-0.2, 0) is 11.3 Å². The Morgan fingerprint density at radius 2 is 2.25 bits per heavy atom. The van der Waals surface area contributed by atoms with E-state index in [0.717, 1.165) is 0 Å². The van der Waals surface area contributed by atoms with Crippen molar-refractivity contribution in [3.05, 3.63) is 52.1 Å². The maximum Gasteiger partial charge on any atom is 0.406 e. The molecule has 0 bridgehead atoms. The van der Waals surface area contributed by atoms with Crippen molar-refractivity contribution >= 4 is 11.8 Å². The molecule has 0 aliphatic carbocycles. The van der Waals surface area contributed by atoms with Crippen molar-refractivity contribution < 1.29 is 23.6 Å². The average molecular weight is 278 g/mol. The van der Waals surface area contributed by atoms with Crippen molar-refractivity contribution in [1.82, 2.24) is 4.98 Å². The summed E-state index contributed by atoms with van der Waals surface area (Å²) < 4.78 is 14.9. The lowest BCUT2D eigenvalue weighted by Crippen LogP contribution is -2.00. The molecule has 104 valence electrons. The molecule has 2 aromatic heterocycles.